The van der Waals surface area contributed by atoms with Crippen LogP contribution in [0.25, 0.3) is 11.4 Å². The fraction of sp³-hybridized carbons (Fsp3) is 0.385. The lowest BCUT2D eigenvalue weighted by Crippen LogP contribution is -2.16. The molecule has 0 fully saturated rings. The molecule has 15 heavy (non-hydrogen) atoms. The molecule has 0 bridgehead atoms. The van der Waals surface area contributed by atoms with E-state index in [2.05, 4.69) is 48.2 Å². The molecule has 2 nitrogen and oxygen atoms in total. The average molecular weight is 200 g/mol. The first kappa shape index (κ1) is 8.84. The highest BCUT2D eigenvalue weighted by Crippen LogP contribution is 2.32. The number of aryl methyl sites for hydroxylation is 3. The lowest BCUT2D eigenvalue weighted by molar-refractivity contribution is 0.551. The van der Waals surface area contributed by atoms with Crippen molar-refractivity contribution in [2.24, 2.45) is 0 Å². The van der Waals surface area contributed by atoms with Gasteiger partial charge in [-0.15, -0.1) is 0 Å². The Labute approximate surface area is 90.1 Å². The molecule has 0 saturated heterocycles. The molecule has 3 rings (SSSR count). The van der Waals surface area contributed by atoms with Gasteiger partial charge in [0.1, 0.15) is 0 Å². The van der Waals surface area contributed by atoms with E-state index in [4.69, 9.17) is 0 Å². The van der Waals surface area contributed by atoms with Gasteiger partial charge in [-0.1, -0.05) is 0 Å². The number of aromatic nitrogens is 2. The normalized spacial score (nSPS) is 13.8. The fourth-order valence-electron chi connectivity index (χ4n) is 2.59. The number of hydrogen-bond donors (Lipinski definition) is 0. The van der Waals surface area contributed by atoms with Crippen LogP contribution in [-0.4, -0.2) is 9.13 Å². The molecule has 0 aromatic carbocycles. The molecule has 2 aromatic rings. The van der Waals surface area contributed by atoms with Crippen molar-refractivity contribution in [2.45, 2.75) is 33.9 Å². The molecule has 0 N–H and O–H groups in total. The van der Waals surface area contributed by atoms with Crippen molar-refractivity contribution in [3.05, 3.63) is 35.2 Å². The summed E-state index contributed by atoms with van der Waals surface area (Å²) in [7, 11) is 0. The van der Waals surface area contributed by atoms with Gasteiger partial charge < -0.3 is 9.13 Å². The average Bonchev–Trinajstić information content (AvgIpc) is 2.71. The number of rotatable bonds is 0. The quantitative estimate of drug-likeness (QED) is 0.619. The van der Waals surface area contributed by atoms with Gasteiger partial charge in [-0.2, -0.15) is 0 Å². The number of hydrogen-bond acceptors (Lipinski definition) is 0. The Hall–Kier alpha value is -1.44. The van der Waals surface area contributed by atoms with Crippen LogP contribution in [0.4, 0.5) is 0 Å². The van der Waals surface area contributed by atoms with Gasteiger partial charge in [0.05, 0.1) is 11.4 Å². The molecular formula is C13H16N2. The van der Waals surface area contributed by atoms with Gasteiger partial charge in [0.2, 0.25) is 0 Å². The van der Waals surface area contributed by atoms with Crippen molar-refractivity contribution in [1.29, 1.82) is 0 Å². The molecular weight excluding hydrogens is 184 g/mol. The maximum Gasteiger partial charge on any atom is 0.0681 e. The third-order valence-corrected chi connectivity index (χ3v) is 3.59. The van der Waals surface area contributed by atoms with Gasteiger partial charge in [0.25, 0.3) is 0 Å². The standard InChI is InChI=1S/C13H16N2/c1-9-8-14-6-7-15-10(2)4-5-12(15)13(14)11(9)3/h4-5,8H,6-7H2,1-3H3. The Bertz CT molecular complexity index is 529. The summed E-state index contributed by atoms with van der Waals surface area (Å²) in [5.41, 5.74) is 6.98. The van der Waals surface area contributed by atoms with Crippen LogP contribution in [0.5, 0.6) is 0 Å². The third-order valence-electron chi connectivity index (χ3n) is 3.59. The van der Waals surface area contributed by atoms with Crippen LogP contribution in [0.15, 0.2) is 18.3 Å². The van der Waals surface area contributed by atoms with Crippen molar-refractivity contribution in [3.63, 3.8) is 0 Å². The van der Waals surface area contributed by atoms with E-state index in [1.807, 2.05) is 0 Å². The minimum atomic E-state index is 1.10. The maximum atomic E-state index is 2.42. The molecule has 0 unspecified atom stereocenters. The highest BCUT2D eigenvalue weighted by atomic mass is 15.1. The predicted molar refractivity (Wildman–Crippen MR) is 62.1 cm³/mol. The molecule has 3 heterocycles. The number of fused-ring (bicyclic) bond motifs is 3. The van der Waals surface area contributed by atoms with Crippen LogP contribution in [0.3, 0.4) is 0 Å². The molecule has 0 aliphatic carbocycles. The Balaban J connectivity index is 2.33. The smallest absolute Gasteiger partial charge is 0.0681 e. The monoisotopic (exact) mass is 200 g/mol. The first-order valence-corrected chi connectivity index (χ1v) is 5.51. The molecule has 1 aliphatic heterocycles. The summed E-state index contributed by atoms with van der Waals surface area (Å²) in [6.45, 7) is 8.81. The summed E-state index contributed by atoms with van der Waals surface area (Å²) in [6.07, 6.45) is 2.27. The second-order valence-electron chi connectivity index (χ2n) is 4.49. The minimum absolute atomic E-state index is 1.10. The molecule has 2 heteroatoms. The molecule has 0 radical (unpaired) electrons. The molecule has 1 aliphatic rings. The van der Waals surface area contributed by atoms with E-state index in [0.717, 1.165) is 13.1 Å². The highest BCUT2D eigenvalue weighted by Gasteiger charge is 2.19. The summed E-state index contributed by atoms with van der Waals surface area (Å²) in [4.78, 5) is 0. The van der Waals surface area contributed by atoms with Crippen LogP contribution >= 0.6 is 0 Å². The minimum Gasteiger partial charge on any atom is -0.344 e. The molecule has 0 atom stereocenters. The maximum absolute atomic E-state index is 2.42. The highest BCUT2D eigenvalue weighted by molar-refractivity contribution is 5.64. The van der Waals surface area contributed by atoms with E-state index >= 15 is 0 Å². The van der Waals surface area contributed by atoms with Gasteiger partial charge in [-0.25, -0.2) is 0 Å². The molecule has 0 saturated carbocycles. The Morgan fingerprint density at radius 1 is 1.07 bits per heavy atom. The first-order chi connectivity index (χ1) is 7.18. The largest absolute Gasteiger partial charge is 0.344 e. The zero-order valence-corrected chi connectivity index (χ0v) is 9.54. The van der Waals surface area contributed by atoms with Crippen LogP contribution in [0, 0.1) is 20.8 Å². The van der Waals surface area contributed by atoms with Crippen LogP contribution in [-0.2, 0) is 13.1 Å². The summed E-state index contributed by atoms with van der Waals surface area (Å²) >= 11 is 0. The second kappa shape index (κ2) is 2.78. The second-order valence-corrected chi connectivity index (χ2v) is 4.49. The molecule has 0 spiro atoms. The SMILES string of the molecule is Cc1cn2c(c1C)-c1ccc(C)n1CC2. The molecule has 0 amide bonds. The van der Waals surface area contributed by atoms with Gasteiger partial charge in [0, 0.05) is 25.0 Å². The summed E-state index contributed by atoms with van der Waals surface area (Å²) in [6, 6.07) is 4.46. The Morgan fingerprint density at radius 3 is 2.67 bits per heavy atom. The topological polar surface area (TPSA) is 9.86 Å². The van der Waals surface area contributed by atoms with Crippen LogP contribution in [0.1, 0.15) is 16.8 Å². The van der Waals surface area contributed by atoms with E-state index in [-0.39, 0.29) is 0 Å². The van der Waals surface area contributed by atoms with E-state index in [1.165, 1.54) is 28.2 Å². The van der Waals surface area contributed by atoms with Gasteiger partial charge in [-0.3, -0.25) is 0 Å². The molecule has 2 aromatic heterocycles. The van der Waals surface area contributed by atoms with Crippen molar-refractivity contribution in [1.82, 2.24) is 9.13 Å². The molecule has 78 valence electrons. The van der Waals surface area contributed by atoms with Crippen molar-refractivity contribution in [3.8, 4) is 11.4 Å². The third kappa shape index (κ3) is 1.05. The van der Waals surface area contributed by atoms with Crippen LogP contribution in [0.2, 0.25) is 0 Å². The lowest BCUT2D eigenvalue weighted by atomic mass is 10.1. The van der Waals surface area contributed by atoms with Gasteiger partial charge in [0.15, 0.2) is 0 Å². The first-order valence-electron chi connectivity index (χ1n) is 5.51. The summed E-state index contributed by atoms with van der Waals surface area (Å²) in [5, 5.41) is 0. The lowest BCUT2D eigenvalue weighted by Gasteiger charge is -2.21. The number of nitrogens with zero attached hydrogens (tertiary/aromatic N) is 2. The predicted octanol–water partition coefficient (Wildman–Crippen LogP) is 2.90. The fourth-order valence-corrected chi connectivity index (χ4v) is 2.59. The Morgan fingerprint density at radius 2 is 1.87 bits per heavy atom. The zero-order chi connectivity index (χ0) is 10.6. The van der Waals surface area contributed by atoms with Gasteiger partial charge >= 0.3 is 0 Å². The van der Waals surface area contributed by atoms with Crippen molar-refractivity contribution in [2.75, 3.05) is 0 Å². The van der Waals surface area contributed by atoms with Gasteiger partial charge in [-0.05, 0) is 44.0 Å². The zero-order valence-electron chi connectivity index (χ0n) is 9.54. The van der Waals surface area contributed by atoms with E-state index in [1.54, 1.807) is 0 Å². The van der Waals surface area contributed by atoms with E-state index in [0.29, 0.717) is 0 Å². The van der Waals surface area contributed by atoms with E-state index in [9.17, 15) is 0 Å². The Kier molecular flexibility index (Phi) is 1.64. The van der Waals surface area contributed by atoms with E-state index < -0.39 is 0 Å². The van der Waals surface area contributed by atoms with Crippen molar-refractivity contribution >= 4 is 0 Å². The van der Waals surface area contributed by atoms with Crippen LogP contribution < -0.4 is 0 Å². The summed E-state index contributed by atoms with van der Waals surface area (Å²) < 4.78 is 4.81. The van der Waals surface area contributed by atoms with Crippen molar-refractivity contribution < 1.29 is 0 Å². The summed E-state index contributed by atoms with van der Waals surface area (Å²) in [5.74, 6) is 0.